The van der Waals surface area contributed by atoms with Crippen LogP contribution in [0.15, 0.2) is 0 Å². The lowest BCUT2D eigenvalue weighted by molar-refractivity contribution is -0.138. The molecule has 3 heteroatoms. The number of aliphatic carboxylic acids is 1. The lowest BCUT2D eigenvalue weighted by Crippen LogP contribution is -2.34. The van der Waals surface area contributed by atoms with Gasteiger partial charge in [0.2, 0.25) is 0 Å². The van der Waals surface area contributed by atoms with Gasteiger partial charge >= 0.3 is 5.97 Å². The van der Waals surface area contributed by atoms with Gasteiger partial charge in [-0.1, -0.05) is 32.1 Å². The zero-order chi connectivity index (χ0) is 12.1. The second kappa shape index (κ2) is 6.39. The monoisotopic (exact) mass is 239 g/mol. The van der Waals surface area contributed by atoms with E-state index in [0.29, 0.717) is 6.04 Å². The van der Waals surface area contributed by atoms with E-state index >= 15 is 0 Å². The molecule has 17 heavy (non-hydrogen) atoms. The van der Waals surface area contributed by atoms with Crippen molar-refractivity contribution in [2.75, 3.05) is 13.1 Å². The number of carboxylic acids is 1. The number of nitrogens with zero attached hydrogens (tertiary/aromatic N) is 1. The van der Waals surface area contributed by atoms with Crippen LogP contribution in [0, 0.1) is 5.92 Å². The van der Waals surface area contributed by atoms with E-state index in [9.17, 15) is 4.79 Å². The SMILES string of the molecule is O=C(O)CN1CCCC1CCC1CCCCC1. The largest absolute Gasteiger partial charge is 0.480 e. The quantitative estimate of drug-likeness (QED) is 0.802. The molecule has 1 atom stereocenters. The van der Waals surface area contributed by atoms with Gasteiger partial charge in [-0.3, -0.25) is 9.69 Å². The first-order valence-corrected chi connectivity index (χ1v) is 7.21. The smallest absolute Gasteiger partial charge is 0.317 e. The number of carboxylic acid groups (broad SMARTS) is 1. The third kappa shape index (κ3) is 3.98. The summed E-state index contributed by atoms with van der Waals surface area (Å²) in [6.07, 6.45) is 12.0. The zero-order valence-electron chi connectivity index (χ0n) is 10.7. The summed E-state index contributed by atoms with van der Waals surface area (Å²) in [4.78, 5) is 12.9. The van der Waals surface area contributed by atoms with Crippen LogP contribution in [0.4, 0.5) is 0 Å². The Bertz CT molecular complexity index is 249. The van der Waals surface area contributed by atoms with Crippen molar-refractivity contribution < 1.29 is 9.90 Å². The van der Waals surface area contributed by atoms with Crippen LogP contribution in [0.1, 0.15) is 57.8 Å². The number of likely N-dealkylation sites (tertiary alicyclic amines) is 1. The van der Waals surface area contributed by atoms with Crippen LogP contribution in [-0.2, 0) is 4.79 Å². The van der Waals surface area contributed by atoms with Crippen LogP contribution in [0.5, 0.6) is 0 Å². The van der Waals surface area contributed by atoms with Gasteiger partial charge in [-0.15, -0.1) is 0 Å². The highest BCUT2D eigenvalue weighted by Crippen LogP contribution is 2.30. The number of carbonyl (C=O) groups is 1. The van der Waals surface area contributed by atoms with E-state index in [-0.39, 0.29) is 6.54 Å². The minimum absolute atomic E-state index is 0.245. The molecule has 0 radical (unpaired) electrons. The highest BCUT2D eigenvalue weighted by atomic mass is 16.4. The topological polar surface area (TPSA) is 40.5 Å². The maximum Gasteiger partial charge on any atom is 0.317 e. The highest BCUT2D eigenvalue weighted by Gasteiger charge is 2.26. The van der Waals surface area contributed by atoms with Crippen LogP contribution < -0.4 is 0 Å². The standard InChI is InChI=1S/C14H25NO2/c16-14(17)11-15-10-4-7-13(15)9-8-12-5-2-1-3-6-12/h12-13H,1-11H2,(H,16,17). The molecule has 0 bridgehead atoms. The van der Waals surface area contributed by atoms with Gasteiger partial charge in [0, 0.05) is 6.04 Å². The fourth-order valence-corrected chi connectivity index (χ4v) is 3.51. The normalized spacial score (nSPS) is 27.4. The molecule has 2 fully saturated rings. The van der Waals surface area contributed by atoms with Crippen molar-refractivity contribution in [2.24, 2.45) is 5.92 Å². The summed E-state index contributed by atoms with van der Waals surface area (Å²) in [5.74, 6) is 0.255. The molecule has 2 aliphatic rings. The molecule has 0 aromatic rings. The second-order valence-corrected chi connectivity index (χ2v) is 5.74. The van der Waals surface area contributed by atoms with Gasteiger partial charge in [-0.2, -0.15) is 0 Å². The Balaban J connectivity index is 1.71. The fourth-order valence-electron chi connectivity index (χ4n) is 3.51. The fraction of sp³-hybridized carbons (Fsp3) is 0.929. The summed E-state index contributed by atoms with van der Waals surface area (Å²) < 4.78 is 0. The molecule has 1 saturated heterocycles. The minimum Gasteiger partial charge on any atom is -0.480 e. The summed E-state index contributed by atoms with van der Waals surface area (Å²) in [7, 11) is 0. The van der Waals surface area contributed by atoms with Crippen molar-refractivity contribution >= 4 is 5.97 Å². The summed E-state index contributed by atoms with van der Waals surface area (Å²) in [6.45, 7) is 1.23. The summed E-state index contributed by atoms with van der Waals surface area (Å²) in [5, 5.41) is 8.87. The molecule has 3 nitrogen and oxygen atoms in total. The summed E-state index contributed by atoms with van der Waals surface area (Å²) in [5.41, 5.74) is 0. The molecule has 1 aliphatic carbocycles. The van der Waals surface area contributed by atoms with Gasteiger partial charge in [-0.25, -0.2) is 0 Å². The number of hydrogen-bond donors (Lipinski definition) is 1. The molecular formula is C14H25NO2. The Morgan fingerprint density at radius 2 is 1.82 bits per heavy atom. The summed E-state index contributed by atoms with van der Waals surface area (Å²) >= 11 is 0. The number of hydrogen-bond acceptors (Lipinski definition) is 2. The van der Waals surface area contributed by atoms with Gasteiger partial charge in [0.25, 0.3) is 0 Å². The molecule has 0 spiro atoms. The van der Waals surface area contributed by atoms with E-state index in [1.807, 2.05) is 0 Å². The third-order valence-corrected chi connectivity index (χ3v) is 4.47. The molecule has 1 aliphatic heterocycles. The molecule has 1 heterocycles. The van der Waals surface area contributed by atoms with Crippen LogP contribution in [0.2, 0.25) is 0 Å². The number of rotatable bonds is 5. The van der Waals surface area contributed by atoms with Crippen molar-refractivity contribution in [3.05, 3.63) is 0 Å². The van der Waals surface area contributed by atoms with Crippen molar-refractivity contribution in [3.63, 3.8) is 0 Å². The minimum atomic E-state index is -0.672. The van der Waals surface area contributed by atoms with Gasteiger partial charge in [-0.05, 0) is 38.1 Å². The molecule has 98 valence electrons. The molecular weight excluding hydrogens is 214 g/mol. The Morgan fingerprint density at radius 3 is 2.53 bits per heavy atom. The van der Waals surface area contributed by atoms with Crippen molar-refractivity contribution in [3.8, 4) is 0 Å². The van der Waals surface area contributed by atoms with Gasteiger partial charge < -0.3 is 5.11 Å². The Morgan fingerprint density at radius 1 is 1.06 bits per heavy atom. The van der Waals surface area contributed by atoms with Crippen molar-refractivity contribution in [1.82, 2.24) is 4.90 Å². The predicted molar refractivity (Wildman–Crippen MR) is 68.0 cm³/mol. The maximum atomic E-state index is 10.8. The Labute approximate surface area is 104 Å². The maximum absolute atomic E-state index is 10.8. The Hall–Kier alpha value is -0.570. The van der Waals surface area contributed by atoms with E-state index in [2.05, 4.69) is 4.90 Å². The highest BCUT2D eigenvalue weighted by molar-refractivity contribution is 5.69. The van der Waals surface area contributed by atoms with Gasteiger partial charge in [0.1, 0.15) is 0 Å². The molecule has 0 aromatic carbocycles. The Kier molecular flexibility index (Phi) is 4.84. The average molecular weight is 239 g/mol. The molecule has 2 rings (SSSR count). The summed E-state index contributed by atoms with van der Waals surface area (Å²) in [6, 6.07) is 0.549. The predicted octanol–water partition coefficient (Wildman–Crippen LogP) is 2.90. The first-order chi connectivity index (χ1) is 8.25. The van der Waals surface area contributed by atoms with E-state index in [1.165, 1.54) is 57.8 Å². The van der Waals surface area contributed by atoms with E-state index in [4.69, 9.17) is 5.11 Å². The van der Waals surface area contributed by atoms with Crippen LogP contribution in [-0.4, -0.2) is 35.1 Å². The van der Waals surface area contributed by atoms with Gasteiger partial charge in [0.05, 0.1) is 6.54 Å². The lowest BCUT2D eigenvalue weighted by atomic mass is 9.85. The van der Waals surface area contributed by atoms with Gasteiger partial charge in [0.15, 0.2) is 0 Å². The lowest BCUT2D eigenvalue weighted by Gasteiger charge is -2.26. The van der Waals surface area contributed by atoms with Crippen LogP contribution >= 0.6 is 0 Å². The molecule has 0 aromatic heterocycles. The van der Waals surface area contributed by atoms with Crippen LogP contribution in [0.3, 0.4) is 0 Å². The molecule has 1 unspecified atom stereocenters. The second-order valence-electron chi connectivity index (χ2n) is 5.74. The van der Waals surface area contributed by atoms with Crippen LogP contribution in [0.25, 0.3) is 0 Å². The third-order valence-electron chi connectivity index (χ3n) is 4.47. The average Bonchev–Trinajstić information content (AvgIpc) is 2.74. The van der Waals surface area contributed by atoms with E-state index < -0.39 is 5.97 Å². The van der Waals surface area contributed by atoms with Crippen molar-refractivity contribution in [1.29, 1.82) is 0 Å². The van der Waals surface area contributed by atoms with E-state index in [1.54, 1.807) is 0 Å². The molecule has 0 amide bonds. The first-order valence-electron chi connectivity index (χ1n) is 7.21. The van der Waals surface area contributed by atoms with E-state index in [0.717, 1.165) is 12.5 Å². The first kappa shape index (κ1) is 12.9. The molecule has 1 N–H and O–H groups in total. The van der Waals surface area contributed by atoms with Crippen molar-refractivity contribution in [2.45, 2.75) is 63.8 Å². The molecule has 1 saturated carbocycles. The zero-order valence-corrected chi connectivity index (χ0v) is 10.7.